The number of rotatable bonds is 6. The average molecular weight is 467 g/mol. The van der Waals surface area contributed by atoms with Gasteiger partial charge in [0, 0.05) is 23.5 Å². The zero-order valence-corrected chi connectivity index (χ0v) is 19.7. The van der Waals surface area contributed by atoms with Crippen LogP contribution in [0.4, 0.5) is 5.00 Å². The molecule has 2 heterocycles. The van der Waals surface area contributed by atoms with E-state index in [9.17, 15) is 9.59 Å². The van der Waals surface area contributed by atoms with Gasteiger partial charge in [-0.25, -0.2) is 0 Å². The predicted molar refractivity (Wildman–Crippen MR) is 129 cm³/mol. The van der Waals surface area contributed by atoms with Crippen LogP contribution in [0.3, 0.4) is 0 Å². The van der Waals surface area contributed by atoms with Crippen LogP contribution in [-0.4, -0.2) is 57.2 Å². The number of nitrogens with one attached hydrogen (secondary N) is 1. The van der Waals surface area contributed by atoms with Gasteiger partial charge in [0.1, 0.15) is 5.00 Å². The number of hydrogen-bond acceptors (Lipinski definition) is 6. The zero-order valence-electron chi connectivity index (χ0n) is 18.8. The first kappa shape index (κ1) is 22.8. The standard InChI is InChI=1S/C25H26N2O5S/c1-16-21(25(29)27-11-13-32-14-12-27)24(33-22(16)17-7-5-4-6-8-17)26-23(28)18-9-10-19(30-2)20(15-18)31-3/h4-10,15H,11-14H2,1-3H3,(H,26,28). The fourth-order valence-electron chi connectivity index (χ4n) is 3.80. The van der Waals surface area contributed by atoms with E-state index in [0.717, 1.165) is 16.0 Å². The summed E-state index contributed by atoms with van der Waals surface area (Å²) in [6.45, 7) is 4.00. The third kappa shape index (κ3) is 4.72. The molecule has 0 unspecified atom stereocenters. The number of carbonyl (C=O) groups is 2. The summed E-state index contributed by atoms with van der Waals surface area (Å²) in [5.74, 6) is 0.572. The van der Waals surface area contributed by atoms with Gasteiger partial charge in [0.2, 0.25) is 0 Å². The van der Waals surface area contributed by atoms with Gasteiger partial charge in [-0.05, 0) is 36.2 Å². The third-order valence-corrected chi connectivity index (χ3v) is 6.82. The minimum absolute atomic E-state index is 0.100. The monoisotopic (exact) mass is 466 g/mol. The molecule has 1 aromatic heterocycles. The minimum Gasteiger partial charge on any atom is -0.493 e. The highest BCUT2D eigenvalue weighted by Crippen LogP contribution is 2.41. The molecule has 0 saturated carbocycles. The van der Waals surface area contributed by atoms with E-state index in [1.165, 1.54) is 18.4 Å². The number of amides is 2. The summed E-state index contributed by atoms with van der Waals surface area (Å²) in [6.07, 6.45) is 0. The molecule has 8 heteroatoms. The van der Waals surface area contributed by atoms with Gasteiger partial charge in [-0.2, -0.15) is 0 Å². The lowest BCUT2D eigenvalue weighted by molar-refractivity contribution is 0.0303. The number of benzene rings is 2. The molecule has 0 atom stereocenters. The molecule has 4 rings (SSSR count). The van der Waals surface area contributed by atoms with Gasteiger partial charge in [0.05, 0.1) is 33.0 Å². The summed E-state index contributed by atoms with van der Waals surface area (Å²) in [4.78, 5) is 29.4. The van der Waals surface area contributed by atoms with E-state index in [-0.39, 0.29) is 11.8 Å². The van der Waals surface area contributed by atoms with Crippen LogP contribution in [0, 0.1) is 6.92 Å². The van der Waals surface area contributed by atoms with Crippen LogP contribution in [-0.2, 0) is 4.74 Å². The van der Waals surface area contributed by atoms with Crippen molar-refractivity contribution < 1.29 is 23.8 Å². The van der Waals surface area contributed by atoms with Crippen molar-refractivity contribution in [1.82, 2.24) is 4.90 Å². The van der Waals surface area contributed by atoms with Crippen molar-refractivity contribution in [2.45, 2.75) is 6.92 Å². The number of hydrogen-bond donors (Lipinski definition) is 1. The Labute approximate surface area is 196 Å². The van der Waals surface area contributed by atoms with Gasteiger partial charge in [0.15, 0.2) is 11.5 Å². The summed E-state index contributed by atoms with van der Waals surface area (Å²) in [7, 11) is 3.06. The van der Waals surface area contributed by atoms with E-state index < -0.39 is 0 Å². The first-order chi connectivity index (χ1) is 16.0. The van der Waals surface area contributed by atoms with Crippen molar-refractivity contribution in [2.24, 2.45) is 0 Å². The molecule has 0 radical (unpaired) electrons. The Kier molecular flexibility index (Phi) is 6.96. The van der Waals surface area contributed by atoms with Crippen molar-refractivity contribution in [3.05, 3.63) is 65.2 Å². The summed E-state index contributed by atoms with van der Waals surface area (Å²) in [5.41, 5.74) is 2.78. The fraction of sp³-hybridized carbons (Fsp3) is 0.280. The predicted octanol–water partition coefficient (Wildman–Crippen LogP) is 4.47. The molecule has 1 N–H and O–H groups in total. The molecular weight excluding hydrogens is 440 g/mol. The highest BCUT2D eigenvalue weighted by atomic mass is 32.1. The van der Waals surface area contributed by atoms with Crippen LogP contribution < -0.4 is 14.8 Å². The second kappa shape index (κ2) is 10.1. The van der Waals surface area contributed by atoms with Crippen LogP contribution in [0.25, 0.3) is 10.4 Å². The fourth-order valence-corrected chi connectivity index (χ4v) is 5.00. The maximum Gasteiger partial charge on any atom is 0.257 e. The number of ether oxygens (including phenoxy) is 3. The van der Waals surface area contributed by atoms with Gasteiger partial charge in [-0.3, -0.25) is 9.59 Å². The molecule has 1 saturated heterocycles. The maximum absolute atomic E-state index is 13.5. The van der Waals surface area contributed by atoms with Gasteiger partial charge in [-0.1, -0.05) is 30.3 Å². The first-order valence-electron chi connectivity index (χ1n) is 10.6. The van der Waals surface area contributed by atoms with Crippen molar-refractivity contribution >= 4 is 28.2 Å². The van der Waals surface area contributed by atoms with Crippen molar-refractivity contribution in [1.29, 1.82) is 0 Å². The van der Waals surface area contributed by atoms with Crippen molar-refractivity contribution in [3.8, 4) is 21.9 Å². The number of thiophene rings is 1. The van der Waals surface area contributed by atoms with Crippen molar-refractivity contribution in [3.63, 3.8) is 0 Å². The Morgan fingerprint density at radius 2 is 1.70 bits per heavy atom. The van der Waals surface area contributed by atoms with Crippen LogP contribution in [0.15, 0.2) is 48.5 Å². The Morgan fingerprint density at radius 3 is 2.36 bits per heavy atom. The number of morpholine rings is 1. The molecule has 7 nitrogen and oxygen atoms in total. The number of carbonyl (C=O) groups excluding carboxylic acids is 2. The van der Waals surface area contributed by atoms with Crippen LogP contribution in [0.2, 0.25) is 0 Å². The second-order valence-electron chi connectivity index (χ2n) is 7.55. The van der Waals surface area contributed by atoms with E-state index in [4.69, 9.17) is 14.2 Å². The van der Waals surface area contributed by atoms with Crippen LogP contribution in [0.1, 0.15) is 26.3 Å². The Morgan fingerprint density at radius 1 is 1.00 bits per heavy atom. The molecule has 172 valence electrons. The minimum atomic E-state index is -0.326. The molecule has 33 heavy (non-hydrogen) atoms. The Hall–Kier alpha value is -3.36. The van der Waals surface area contributed by atoms with Gasteiger partial charge >= 0.3 is 0 Å². The molecule has 1 aliphatic heterocycles. The second-order valence-corrected chi connectivity index (χ2v) is 8.58. The number of nitrogens with zero attached hydrogens (tertiary/aromatic N) is 1. The van der Waals surface area contributed by atoms with E-state index in [2.05, 4.69) is 5.32 Å². The lowest BCUT2D eigenvalue weighted by atomic mass is 10.1. The quantitative estimate of drug-likeness (QED) is 0.580. The van der Waals surface area contributed by atoms with E-state index in [1.54, 1.807) is 30.2 Å². The zero-order chi connectivity index (χ0) is 23.4. The molecular formula is C25H26N2O5S. The Balaban J connectivity index is 1.72. The largest absolute Gasteiger partial charge is 0.493 e. The SMILES string of the molecule is COc1ccc(C(=O)Nc2sc(-c3ccccc3)c(C)c2C(=O)N2CCOCC2)cc1OC. The van der Waals surface area contributed by atoms with Gasteiger partial charge in [0.25, 0.3) is 11.8 Å². The lowest BCUT2D eigenvalue weighted by Crippen LogP contribution is -2.41. The first-order valence-corrected chi connectivity index (χ1v) is 11.4. The molecule has 3 aromatic rings. The number of anilines is 1. The normalized spacial score (nSPS) is 13.5. The van der Waals surface area contributed by atoms with Gasteiger partial charge < -0.3 is 24.4 Å². The molecule has 2 aromatic carbocycles. The lowest BCUT2D eigenvalue weighted by Gasteiger charge is -2.27. The highest BCUT2D eigenvalue weighted by Gasteiger charge is 2.28. The van der Waals surface area contributed by atoms with E-state index in [0.29, 0.717) is 53.9 Å². The average Bonchev–Trinajstić information content (AvgIpc) is 3.19. The summed E-state index contributed by atoms with van der Waals surface area (Å²) >= 11 is 1.41. The molecule has 2 amide bonds. The van der Waals surface area contributed by atoms with Crippen molar-refractivity contribution in [2.75, 3.05) is 45.8 Å². The van der Waals surface area contributed by atoms with E-state index >= 15 is 0 Å². The third-order valence-electron chi connectivity index (χ3n) is 5.57. The summed E-state index contributed by atoms with van der Waals surface area (Å²) in [6, 6.07) is 14.8. The molecule has 0 bridgehead atoms. The molecule has 0 spiro atoms. The van der Waals surface area contributed by atoms with Crippen LogP contribution >= 0.6 is 11.3 Å². The topological polar surface area (TPSA) is 77.1 Å². The smallest absolute Gasteiger partial charge is 0.257 e. The highest BCUT2D eigenvalue weighted by molar-refractivity contribution is 7.20. The van der Waals surface area contributed by atoms with Gasteiger partial charge in [-0.15, -0.1) is 11.3 Å². The Bertz CT molecular complexity index is 1150. The van der Waals surface area contributed by atoms with E-state index in [1.807, 2.05) is 37.3 Å². The number of methoxy groups -OCH3 is 2. The molecule has 0 aliphatic carbocycles. The summed E-state index contributed by atoms with van der Waals surface area (Å²) in [5, 5.41) is 3.50. The summed E-state index contributed by atoms with van der Waals surface area (Å²) < 4.78 is 16.0. The maximum atomic E-state index is 13.5. The van der Waals surface area contributed by atoms with Crippen LogP contribution in [0.5, 0.6) is 11.5 Å². The molecule has 1 fully saturated rings. The molecule has 1 aliphatic rings.